The van der Waals surface area contributed by atoms with Crippen LogP contribution in [0.1, 0.15) is 19.6 Å². The number of ether oxygens (including phenoxy) is 1. The number of amides is 2. The first kappa shape index (κ1) is 15.2. The third-order valence-electron chi connectivity index (χ3n) is 2.42. The molecule has 0 aromatic carbocycles. The van der Waals surface area contributed by atoms with Crippen molar-refractivity contribution >= 4 is 17.6 Å². The van der Waals surface area contributed by atoms with Gasteiger partial charge in [-0.2, -0.15) is 0 Å². The molecular weight excluding hydrogens is 250 g/mol. The second kappa shape index (κ2) is 6.89. The third kappa shape index (κ3) is 4.70. The van der Waals surface area contributed by atoms with Gasteiger partial charge in [-0.15, -0.1) is 0 Å². The zero-order valence-corrected chi connectivity index (χ0v) is 11.6. The minimum Gasteiger partial charge on any atom is -0.375 e. The number of nitrogens with one attached hydrogen (secondary N) is 1. The van der Waals surface area contributed by atoms with Crippen LogP contribution in [0.25, 0.3) is 0 Å². The van der Waals surface area contributed by atoms with Crippen molar-refractivity contribution in [1.29, 1.82) is 0 Å². The maximum absolute atomic E-state index is 11.8. The lowest BCUT2D eigenvalue weighted by Crippen LogP contribution is -2.44. The minimum absolute atomic E-state index is 0.0471. The van der Waals surface area contributed by atoms with Gasteiger partial charge in [0.1, 0.15) is 18.9 Å². The van der Waals surface area contributed by atoms with Gasteiger partial charge in [-0.05, 0) is 20.8 Å². The van der Waals surface area contributed by atoms with E-state index in [0.29, 0.717) is 11.6 Å². The monoisotopic (exact) mass is 269 g/mol. The van der Waals surface area contributed by atoms with Gasteiger partial charge in [0, 0.05) is 19.2 Å². The van der Waals surface area contributed by atoms with E-state index in [2.05, 4.69) is 10.5 Å². The van der Waals surface area contributed by atoms with Crippen LogP contribution in [-0.4, -0.2) is 48.2 Å². The van der Waals surface area contributed by atoms with Gasteiger partial charge in [-0.3, -0.25) is 9.59 Å². The molecule has 0 fully saturated rings. The van der Waals surface area contributed by atoms with Gasteiger partial charge in [0.25, 0.3) is 0 Å². The molecule has 0 aliphatic rings. The highest BCUT2D eigenvalue weighted by Crippen LogP contribution is 2.07. The number of aryl methyl sites for hydroxylation is 1. The normalized spacial score (nSPS) is 10.6. The molecule has 1 N–H and O–H groups in total. The molecule has 0 aliphatic heterocycles. The van der Waals surface area contributed by atoms with Crippen molar-refractivity contribution in [1.82, 2.24) is 10.1 Å². The molecule has 1 aromatic rings. The topological polar surface area (TPSA) is 84.7 Å². The molecule has 7 nitrogen and oxygen atoms in total. The van der Waals surface area contributed by atoms with Crippen LogP contribution in [0.2, 0.25) is 0 Å². The van der Waals surface area contributed by atoms with Crippen molar-refractivity contribution in [3.05, 3.63) is 11.8 Å². The molecule has 1 rings (SSSR count). The summed E-state index contributed by atoms with van der Waals surface area (Å²) in [6.45, 7) is 5.30. The first-order valence-electron chi connectivity index (χ1n) is 5.95. The molecule has 1 aromatic heterocycles. The summed E-state index contributed by atoms with van der Waals surface area (Å²) < 4.78 is 9.63. The summed E-state index contributed by atoms with van der Waals surface area (Å²) in [6.07, 6.45) is 0. The Bertz CT molecular complexity index is 442. The number of carbonyl (C=O) groups excluding carboxylic acids is 2. The largest absolute Gasteiger partial charge is 0.375 e. The van der Waals surface area contributed by atoms with Crippen molar-refractivity contribution < 1.29 is 18.8 Å². The average Bonchev–Trinajstić information content (AvgIpc) is 2.71. The molecule has 106 valence electrons. The highest BCUT2D eigenvalue weighted by Gasteiger charge is 2.20. The Balaban J connectivity index is 2.59. The molecular formula is C12H19N3O4. The molecule has 0 saturated carbocycles. The molecule has 0 spiro atoms. The summed E-state index contributed by atoms with van der Waals surface area (Å²) in [5.41, 5.74) is 0. The fourth-order valence-corrected chi connectivity index (χ4v) is 1.53. The number of rotatable bonds is 6. The van der Waals surface area contributed by atoms with Gasteiger partial charge in [-0.25, -0.2) is 0 Å². The molecule has 19 heavy (non-hydrogen) atoms. The summed E-state index contributed by atoms with van der Waals surface area (Å²) in [7, 11) is 1.44. The van der Waals surface area contributed by atoms with E-state index in [0.717, 1.165) is 0 Å². The van der Waals surface area contributed by atoms with Crippen LogP contribution in [0, 0.1) is 6.92 Å². The van der Waals surface area contributed by atoms with Crippen molar-refractivity contribution in [2.75, 3.05) is 25.6 Å². The van der Waals surface area contributed by atoms with Crippen molar-refractivity contribution in [3.8, 4) is 0 Å². The molecule has 0 saturated heterocycles. The lowest BCUT2D eigenvalue weighted by Gasteiger charge is -2.25. The number of carbonyl (C=O) groups is 2. The zero-order chi connectivity index (χ0) is 14.4. The Kier molecular flexibility index (Phi) is 5.50. The summed E-state index contributed by atoms with van der Waals surface area (Å²) in [4.78, 5) is 25.0. The van der Waals surface area contributed by atoms with Crippen molar-refractivity contribution in [3.63, 3.8) is 0 Å². The average molecular weight is 269 g/mol. The summed E-state index contributed by atoms with van der Waals surface area (Å²) in [5, 5.41) is 6.22. The van der Waals surface area contributed by atoms with E-state index >= 15 is 0 Å². The standard InChI is InChI=1S/C12H19N3O4/c1-8(2)15(12(17)7-18-4)6-11(16)13-10-5-9(3)19-14-10/h5,8H,6-7H2,1-4H3,(H,13,14,16). The van der Waals surface area contributed by atoms with E-state index < -0.39 is 0 Å². The van der Waals surface area contributed by atoms with E-state index in [1.807, 2.05) is 13.8 Å². The Morgan fingerprint density at radius 3 is 2.68 bits per heavy atom. The van der Waals surface area contributed by atoms with Gasteiger partial charge in [0.2, 0.25) is 11.8 Å². The first-order valence-corrected chi connectivity index (χ1v) is 5.95. The van der Waals surface area contributed by atoms with Crippen LogP contribution >= 0.6 is 0 Å². The van der Waals surface area contributed by atoms with E-state index in [1.165, 1.54) is 12.0 Å². The highest BCUT2D eigenvalue weighted by atomic mass is 16.5. The van der Waals surface area contributed by atoms with Gasteiger partial charge in [0.05, 0.1) is 0 Å². The number of hydrogen-bond acceptors (Lipinski definition) is 5. The predicted molar refractivity (Wildman–Crippen MR) is 68.6 cm³/mol. The van der Waals surface area contributed by atoms with Crippen LogP contribution in [-0.2, 0) is 14.3 Å². The summed E-state index contributed by atoms with van der Waals surface area (Å²) >= 11 is 0. The smallest absolute Gasteiger partial charge is 0.249 e. The van der Waals surface area contributed by atoms with Crippen molar-refractivity contribution in [2.45, 2.75) is 26.8 Å². The minimum atomic E-state index is -0.327. The van der Waals surface area contributed by atoms with Crippen molar-refractivity contribution in [2.24, 2.45) is 0 Å². The molecule has 7 heteroatoms. The van der Waals surface area contributed by atoms with Crippen LogP contribution in [0.3, 0.4) is 0 Å². The van der Waals surface area contributed by atoms with Gasteiger partial charge in [-0.1, -0.05) is 5.16 Å². The number of methoxy groups -OCH3 is 1. The van der Waals surface area contributed by atoms with E-state index in [4.69, 9.17) is 9.26 Å². The maximum atomic E-state index is 11.8. The molecule has 1 heterocycles. The van der Waals surface area contributed by atoms with Gasteiger partial charge in [0.15, 0.2) is 5.82 Å². The van der Waals surface area contributed by atoms with Crippen LogP contribution in [0.5, 0.6) is 0 Å². The molecule has 0 unspecified atom stereocenters. The fraction of sp³-hybridized carbons (Fsp3) is 0.583. The maximum Gasteiger partial charge on any atom is 0.249 e. The van der Waals surface area contributed by atoms with E-state index in [-0.39, 0.29) is 31.0 Å². The summed E-state index contributed by atoms with van der Waals surface area (Å²) in [5.74, 6) is 0.382. The van der Waals surface area contributed by atoms with Crippen LogP contribution < -0.4 is 5.32 Å². The molecule has 0 radical (unpaired) electrons. The first-order chi connectivity index (χ1) is 8.93. The van der Waals surface area contributed by atoms with Gasteiger partial charge >= 0.3 is 0 Å². The number of aromatic nitrogens is 1. The third-order valence-corrected chi connectivity index (χ3v) is 2.42. The Hall–Kier alpha value is -1.89. The lowest BCUT2D eigenvalue weighted by atomic mass is 10.3. The van der Waals surface area contributed by atoms with Crippen LogP contribution in [0.15, 0.2) is 10.6 Å². The number of nitrogens with zero attached hydrogens (tertiary/aromatic N) is 2. The second-order valence-electron chi connectivity index (χ2n) is 4.42. The SMILES string of the molecule is COCC(=O)N(CC(=O)Nc1cc(C)on1)C(C)C. The van der Waals surface area contributed by atoms with E-state index in [1.54, 1.807) is 13.0 Å². The van der Waals surface area contributed by atoms with E-state index in [9.17, 15) is 9.59 Å². The highest BCUT2D eigenvalue weighted by molar-refractivity contribution is 5.94. The Morgan fingerprint density at radius 1 is 1.53 bits per heavy atom. The second-order valence-corrected chi connectivity index (χ2v) is 4.42. The molecule has 0 atom stereocenters. The lowest BCUT2D eigenvalue weighted by molar-refractivity contribution is -0.139. The fourth-order valence-electron chi connectivity index (χ4n) is 1.53. The quantitative estimate of drug-likeness (QED) is 0.826. The number of anilines is 1. The van der Waals surface area contributed by atoms with Crippen LogP contribution in [0.4, 0.5) is 5.82 Å². The summed E-state index contributed by atoms with van der Waals surface area (Å²) in [6, 6.07) is 1.52. The van der Waals surface area contributed by atoms with Gasteiger partial charge < -0.3 is 19.5 Å². The molecule has 0 aliphatic carbocycles. The zero-order valence-electron chi connectivity index (χ0n) is 11.6. The molecule has 2 amide bonds. The Morgan fingerprint density at radius 2 is 2.21 bits per heavy atom. The molecule has 0 bridgehead atoms. The number of hydrogen-bond donors (Lipinski definition) is 1. The predicted octanol–water partition coefficient (Wildman–Crippen LogP) is 0.805. The Labute approximate surface area is 111 Å².